The Morgan fingerprint density at radius 2 is 1.91 bits per heavy atom. The van der Waals surface area contributed by atoms with E-state index in [0.717, 1.165) is 10.4 Å². The van der Waals surface area contributed by atoms with Gasteiger partial charge in [0.05, 0.1) is 33.2 Å². The number of carbonyl (C=O) groups excluding carboxylic acids is 1. The molecule has 0 aliphatic heterocycles. The molecule has 0 saturated carbocycles. The van der Waals surface area contributed by atoms with Gasteiger partial charge in [0.2, 0.25) is 0 Å². The van der Waals surface area contributed by atoms with E-state index in [2.05, 4.69) is 10.6 Å². The van der Waals surface area contributed by atoms with Crippen LogP contribution in [-0.2, 0) is 11.3 Å². The number of nitrogens with one attached hydrogen (secondary N) is 2. The third-order valence-electron chi connectivity index (χ3n) is 5.16. The number of carbonyl (C=O) groups is 2. The molecule has 0 fully saturated rings. The Balaban J connectivity index is 1.79. The van der Waals surface area contributed by atoms with Gasteiger partial charge in [-0.3, -0.25) is 9.59 Å². The first kappa shape index (κ1) is 24.7. The van der Waals surface area contributed by atoms with Crippen molar-refractivity contribution in [3.63, 3.8) is 0 Å². The van der Waals surface area contributed by atoms with Crippen LogP contribution in [0.3, 0.4) is 0 Å². The van der Waals surface area contributed by atoms with E-state index in [4.69, 9.17) is 21.7 Å². The molecule has 1 aromatic heterocycles. The molecule has 178 valence electrons. The number of hydrogen-bond donors (Lipinski definition) is 3. The predicted molar refractivity (Wildman–Crippen MR) is 132 cm³/mol. The Hall–Kier alpha value is -3.92. The van der Waals surface area contributed by atoms with Gasteiger partial charge in [-0.25, -0.2) is 4.79 Å². The van der Waals surface area contributed by atoms with Crippen molar-refractivity contribution < 1.29 is 24.2 Å². The zero-order chi connectivity index (χ0) is 24.7. The topological polar surface area (TPSA) is 119 Å². The van der Waals surface area contributed by atoms with Crippen molar-refractivity contribution in [1.29, 1.82) is 0 Å². The van der Waals surface area contributed by atoms with Gasteiger partial charge >= 0.3 is 12.0 Å². The van der Waals surface area contributed by atoms with Crippen molar-refractivity contribution >= 4 is 34.8 Å². The minimum Gasteiger partial charge on any atom is -0.497 e. The number of pyridine rings is 1. The Bertz CT molecular complexity index is 1200. The van der Waals surface area contributed by atoms with E-state index in [1.807, 2.05) is 18.2 Å². The second-order valence-electron chi connectivity index (χ2n) is 7.50. The van der Waals surface area contributed by atoms with Crippen molar-refractivity contribution in [3.8, 4) is 11.5 Å². The maximum atomic E-state index is 12.9. The number of aromatic nitrogens is 1. The van der Waals surface area contributed by atoms with E-state index in [1.54, 1.807) is 30.5 Å². The van der Waals surface area contributed by atoms with Crippen LogP contribution in [0.25, 0.3) is 0 Å². The second kappa shape index (κ2) is 11.3. The number of nitrogens with zero attached hydrogens (tertiary/aromatic N) is 1. The molecule has 3 rings (SSSR count). The van der Waals surface area contributed by atoms with Gasteiger partial charge in [-0.15, -0.1) is 0 Å². The lowest BCUT2D eigenvalue weighted by Crippen LogP contribution is -2.36. The number of aliphatic carboxylic acids is 1. The normalized spacial score (nSPS) is 13.6. The molecule has 10 heteroatoms. The molecule has 2 amide bonds. The molecule has 3 N–H and O–H groups in total. The SMILES string of the molecule is COc1cc(OC)cc([C@H](CC(=O)O)NC(=O)Nc2cccn(CC3=CC=CCC3=S)c2=O)c1. The van der Waals surface area contributed by atoms with E-state index >= 15 is 0 Å². The Labute approximate surface area is 201 Å². The molecule has 0 spiro atoms. The highest BCUT2D eigenvalue weighted by Crippen LogP contribution is 2.28. The van der Waals surface area contributed by atoms with Crippen LogP contribution < -0.4 is 25.7 Å². The number of benzene rings is 1. The molecule has 1 heterocycles. The number of ether oxygens (including phenoxy) is 2. The van der Waals surface area contributed by atoms with Gasteiger partial charge in [-0.05, 0) is 35.4 Å². The molecule has 34 heavy (non-hydrogen) atoms. The van der Waals surface area contributed by atoms with Gasteiger partial charge in [0.1, 0.15) is 17.2 Å². The third-order valence-corrected chi connectivity index (χ3v) is 5.59. The minimum atomic E-state index is -1.11. The summed E-state index contributed by atoms with van der Waals surface area (Å²) >= 11 is 5.36. The molecule has 1 atom stereocenters. The Kier molecular flexibility index (Phi) is 8.20. The maximum absolute atomic E-state index is 12.9. The molecule has 0 unspecified atom stereocenters. The van der Waals surface area contributed by atoms with E-state index in [0.29, 0.717) is 23.5 Å². The van der Waals surface area contributed by atoms with Crippen LogP contribution >= 0.6 is 12.2 Å². The summed E-state index contributed by atoms with van der Waals surface area (Å²) in [6, 6.07) is 6.36. The first-order valence-electron chi connectivity index (χ1n) is 10.4. The summed E-state index contributed by atoms with van der Waals surface area (Å²) in [6.45, 7) is 0.282. The van der Waals surface area contributed by atoms with Crippen LogP contribution in [0.5, 0.6) is 11.5 Å². The lowest BCUT2D eigenvalue weighted by atomic mass is 10.0. The van der Waals surface area contributed by atoms with Crippen LogP contribution in [0.15, 0.2) is 65.1 Å². The predicted octanol–water partition coefficient (Wildman–Crippen LogP) is 3.46. The fraction of sp³-hybridized carbons (Fsp3) is 0.250. The highest BCUT2D eigenvalue weighted by molar-refractivity contribution is 7.80. The number of urea groups is 1. The molecular weight excluding hydrogens is 458 g/mol. The van der Waals surface area contributed by atoms with E-state index in [1.165, 1.54) is 24.9 Å². The number of allylic oxidation sites excluding steroid dienone is 4. The van der Waals surface area contributed by atoms with Crippen LogP contribution in [0, 0.1) is 0 Å². The fourth-order valence-corrected chi connectivity index (χ4v) is 3.67. The molecule has 1 aliphatic carbocycles. The van der Waals surface area contributed by atoms with Crippen molar-refractivity contribution in [2.45, 2.75) is 25.4 Å². The molecular formula is C24H25N3O6S. The van der Waals surface area contributed by atoms with Gasteiger partial charge in [-0.2, -0.15) is 0 Å². The second-order valence-corrected chi connectivity index (χ2v) is 7.99. The summed E-state index contributed by atoms with van der Waals surface area (Å²) in [4.78, 5) is 37.8. The largest absolute Gasteiger partial charge is 0.497 e. The third kappa shape index (κ3) is 6.32. The van der Waals surface area contributed by atoms with Crippen molar-refractivity contribution in [2.24, 2.45) is 0 Å². The van der Waals surface area contributed by atoms with Gasteiger partial charge in [0.25, 0.3) is 5.56 Å². The highest BCUT2D eigenvalue weighted by Gasteiger charge is 2.21. The molecule has 1 aliphatic rings. The van der Waals surface area contributed by atoms with Crippen molar-refractivity contribution in [1.82, 2.24) is 9.88 Å². The summed E-state index contributed by atoms with van der Waals surface area (Å²) in [6.07, 6.45) is 7.58. The standard InChI is InChI=1S/C24H25N3O6S/c1-32-17-10-16(11-18(12-17)33-2)20(13-22(28)29)26-24(31)25-19-7-5-9-27(23(19)30)14-15-6-3-4-8-21(15)34/h3-7,9-12,20H,8,13-14H2,1-2H3,(H,28,29)(H2,25,26,31)/t20-/m0/s1. The highest BCUT2D eigenvalue weighted by atomic mass is 32.1. The number of amides is 2. The fourth-order valence-electron chi connectivity index (χ4n) is 3.44. The van der Waals surface area contributed by atoms with E-state index < -0.39 is 23.6 Å². The number of carboxylic acid groups (broad SMARTS) is 1. The van der Waals surface area contributed by atoms with E-state index in [-0.39, 0.29) is 18.7 Å². The summed E-state index contributed by atoms with van der Waals surface area (Å²) in [7, 11) is 2.94. The molecule has 1 aromatic carbocycles. The summed E-state index contributed by atoms with van der Waals surface area (Å²) in [5, 5.41) is 14.5. The van der Waals surface area contributed by atoms with Gasteiger partial charge in [-0.1, -0.05) is 30.4 Å². The average Bonchev–Trinajstić information content (AvgIpc) is 2.82. The monoisotopic (exact) mass is 483 g/mol. The molecule has 0 bridgehead atoms. The number of thiocarbonyl (C=S) groups is 1. The molecule has 9 nitrogen and oxygen atoms in total. The Morgan fingerprint density at radius 3 is 2.53 bits per heavy atom. The zero-order valence-electron chi connectivity index (χ0n) is 18.7. The molecule has 2 aromatic rings. The van der Waals surface area contributed by atoms with E-state index in [9.17, 15) is 19.5 Å². The first-order valence-corrected chi connectivity index (χ1v) is 10.8. The smallest absolute Gasteiger partial charge is 0.319 e. The lowest BCUT2D eigenvalue weighted by Gasteiger charge is -2.19. The number of methoxy groups -OCH3 is 2. The van der Waals surface area contributed by atoms with Crippen LogP contribution in [0.4, 0.5) is 10.5 Å². The molecule has 0 radical (unpaired) electrons. The molecule has 0 saturated heterocycles. The van der Waals surface area contributed by atoms with Crippen LogP contribution in [0.2, 0.25) is 0 Å². The number of hydrogen-bond acceptors (Lipinski definition) is 6. The first-order chi connectivity index (χ1) is 16.3. The number of rotatable bonds is 9. The zero-order valence-corrected chi connectivity index (χ0v) is 19.6. The number of anilines is 1. The number of carboxylic acids is 1. The van der Waals surface area contributed by atoms with Gasteiger partial charge < -0.3 is 29.8 Å². The quantitative estimate of drug-likeness (QED) is 0.468. The van der Waals surface area contributed by atoms with Gasteiger partial charge in [0, 0.05) is 23.5 Å². The minimum absolute atomic E-state index is 0.0511. The average molecular weight is 484 g/mol. The Morgan fingerprint density at radius 1 is 1.21 bits per heavy atom. The summed E-state index contributed by atoms with van der Waals surface area (Å²) in [5.74, 6) is -0.217. The van der Waals surface area contributed by atoms with Crippen molar-refractivity contribution in [3.05, 3.63) is 76.2 Å². The van der Waals surface area contributed by atoms with Crippen molar-refractivity contribution in [2.75, 3.05) is 19.5 Å². The van der Waals surface area contributed by atoms with Crippen LogP contribution in [0.1, 0.15) is 24.4 Å². The maximum Gasteiger partial charge on any atom is 0.319 e. The lowest BCUT2D eigenvalue weighted by molar-refractivity contribution is -0.137. The van der Waals surface area contributed by atoms with Crippen LogP contribution in [-0.4, -0.2) is 40.8 Å². The van der Waals surface area contributed by atoms with Gasteiger partial charge in [0.15, 0.2) is 0 Å². The summed E-state index contributed by atoms with van der Waals surface area (Å²) < 4.78 is 11.9. The summed E-state index contributed by atoms with van der Waals surface area (Å²) in [5.41, 5.74) is 0.976.